The van der Waals surface area contributed by atoms with Gasteiger partial charge in [0.2, 0.25) is 5.88 Å². The monoisotopic (exact) mass is 351 g/mol. The summed E-state index contributed by atoms with van der Waals surface area (Å²) in [5, 5.41) is 8.14. The third kappa shape index (κ3) is 4.28. The quantitative estimate of drug-likeness (QED) is 0.814. The molecule has 0 atom stereocenters. The Balaban J connectivity index is 1.72. The van der Waals surface area contributed by atoms with Crippen molar-refractivity contribution in [2.24, 2.45) is 5.92 Å². The van der Waals surface area contributed by atoms with Crippen molar-refractivity contribution in [1.29, 1.82) is 0 Å². The number of nitrogens with zero attached hydrogens (tertiary/aromatic N) is 2. The Kier molecular flexibility index (Phi) is 5.74. The van der Waals surface area contributed by atoms with Gasteiger partial charge in [-0.15, -0.1) is 0 Å². The molecule has 0 unspecified atom stereocenters. The highest BCUT2D eigenvalue weighted by atomic mass is 35.5. The first-order valence-electron chi connectivity index (χ1n) is 8.43. The molecule has 0 spiro atoms. The molecule has 1 N–H and O–H groups in total. The first-order valence-corrected chi connectivity index (χ1v) is 8.81. The summed E-state index contributed by atoms with van der Waals surface area (Å²) in [5.74, 6) is 1.07. The molecule has 0 amide bonds. The highest BCUT2D eigenvalue weighted by Gasteiger charge is 2.19. The van der Waals surface area contributed by atoms with Gasteiger partial charge in [0.1, 0.15) is 12.4 Å². The minimum absolute atomic E-state index is 0.300. The normalized spacial score (nSPS) is 15.1. The fraction of sp³-hybridized carbons (Fsp3) is 0.500. The van der Waals surface area contributed by atoms with E-state index in [1.807, 2.05) is 17.8 Å². The molecule has 1 heterocycles. The van der Waals surface area contributed by atoms with E-state index < -0.39 is 0 Å². The predicted octanol–water partition coefficient (Wildman–Crippen LogP) is 4.16. The van der Waals surface area contributed by atoms with Crippen LogP contribution in [0.2, 0.25) is 5.02 Å². The number of halogens is 2. The van der Waals surface area contributed by atoms with E-state index in [0.717, 1.165) is 23.7 Å². The summed E-state index contributed by atoms with van der Waals surface area (Å²) >= 11 is 6.08. The SMILES string of the molecule is CNCc1cc(OCc2ccc(F)cc2Cl)n(CC2CCCC2)n1. The maximum absolute atomic E-state index is 13.1. The van der Waals surface area contributed by atoms with Gasteiger partial charge in [-0.1, -0.05) is 30.5 Å². The summed E-state index contributed by atoms with van der Waals surface area (Å²) in [5.41, 5.74) is 1.72. The maximum Gasteiger partial charge on any atom is 0.212 e. The Morgan fingerprint density at radius 3 is 2.83 bits per heavy atom. The van der Waals surface area contributed by atoms with Crippen molar-refractivity contribution in [2.45, 2.75) is 45.4 Å². The molecule has 1 aliphatic carbocycles. The molecule has 0 saturated heterocycles. The molecule has 1 saturated carbocycles. The molecule has 0 bridgehead atoms. The van der Waals surface area contributed by atoms with Crippen LogP contribution in [-0.2, 0) is 19.7 Å². The standard InChI is InChI=1S/C18H23ClFN3O/c1-21-10-16-9-18(23(22-16)11-13-4-2-3-5-13)24-12-14-6-7-15(20)8-17(14)19/h6-9,13,21H,2-5,10-12H2,1H3. The molecule has 6 heteroatoms. The fourth-order valence-electron chi connectivity index (χ4n) is 3.19. The number of benzene rings is 1. The zero-order valence-electron chi connectivity index (χ0n) is 13.9. The second kappa shape index (κ2) is 7.99. The Morgan fingerprint density at radius 2 is 2.12 bits per heavy atom. The summed E-state index contributed by atoms with van der Waals surface area (Å²) in [6.07, 6.45) is 5.11. The highest BCUT2D eigenvalue weighted by Crippen LogP contribution is 2.28. The van der Waals surface area contributed by atoms with Gasteiger partial charge in [0.15, 0.2) is 0 Å². The molecule has 1 aromatic heterocycles. The van der Waals surface area contributed by atoms with E-state index in [-0.39, 0.29) is 5.82 Å². The topological polar surface area (TPSA) is 39.1 Å². The van der Waals surface area contributed by atoms with Gasteiger partial charge < -0.3 is 10.1 Å². The van der Waals surface area contributed by atoms with Crippen LogP contribution in [0.1, 0.15) is 36.9 Å². The van der Waals surface area contributed by atoms with Gasteiger partial charge in [0, 0.05) is 24.7 Å². The lowest BCUT2D eigenvalue weighted by atomic mass is 10.1. The van der Waals surface area contributed by atoms with Gasteiger partial charge in [0.25, 0.3) is 0 Å². The molecule has 24 heavy (non-hydrogen) atoms. The smallest absolute Gasteiger partial charge is 0.212 e. The van der Waals surface area contributed by atoms with E-state index >= 15 is 0 Å². The van der Waals surface area contributed by atoms with Crippen LogP contribution in [0.4, 0.5) is 4.39 Å². The highest BCUT2D eigenvalue weighted by molar-refractivity contribution is 6.31. The molecule has 130 valence electrons. The van der Waals surface area contributed by atoms with Crippen molar-refractivity contribution < 1.29 is 9.13 Å². The molecule has 1 aromatic carbocycles. The lowest BCUT2D eigenvalue weighted by Crippen LogP contribution is -2.12. The Bertz CT molecular complexity index is 683. The molecule has 0 aliphatic heterocycles. The van der Waals surface area contributed by atoms with Crippen molar-refractivity contribution in [3.05, 3.63) is 46.4 Å². The zero-order valence-corrected chi connectivity index (χ0v) is 14.7. The van der Waals surface area contributed by atoms with Gasteiger partial charge in [0.05, 0.1) is 10.7 Å². The minimum Gasteiger partial charge on any atom is -0.473 e. The van der Waals surface area contributed by atoms with Gasteiger partial charge in [-0.25, -0.2) is 9.07 Å². The van der Waals surface area contributed by atoms with Crippen LogP contribution in [-0.4, -0.2) is 16.8 Å². The number of rotatable bonds is 7. The third-order valence-electron chi connectivity index (χ3n) is 4.45. The van der Waals surface area contributed by atoms with Crippen molar-refractivity contribution in [3.8, 4) is 5.88 Å². The zero-order chi connectivity index (χ0) is 16.9. The largest absolute Gasteiger partial charge is 0.473 e. The van der Waals surface area contributed by atoms with Gasteiger partial charge in [-0.05, 0) is 37.9 Å². The number of aromatic nitrogens is 2. The molecule has 2 aromatic rings. The second-order valence-electron chi connectivity index (χ2n) is 6.36. The first-order chi connectivity index (χ1) is 11.7. The van der Waals surface area contributed by atoms with Crippen LogP contribution in [0.3, 0.4) is 0 Å². The average Bonchev–Trinajstić information content (AvgIpc) is 3.18. The number of hydrogen-bond acceptors (Lipinski definition) is 3. The second-order valence-corrected chi connectivity index (χ2v) is 6.77. The number of ether oxygens (including phenoxy) is 1. The van der Waals surface area contributed by atoms with Crippen LogP contribution in [0.5, 0.6) is 5.88 Å². The van der Waals surface area contributed by atoms with E-state index in [1.165, 1.54) is 37.8 Å². The molecule has 1 fully saturated rings. The van der Waals surface area contributed by atoms with E-state index in [9.17, 15) is 4.39 Å². The summed E-state index contributed by atoms with van der Waals surface area (Å²) in [6, 6.07) is 6.32. The molecular weight excluding hydrogens is 329 g/mol. The Morgan fingerprint density at radius 1 is 1.33 bits per heavy atom. The molecule has 0 radical (unpaired) electrons. The van der Waals surface area contributed by atoms with Crippen LogP contribution in [0, 0.1) is 11.7 Å². The van der Waals surface area contributed by atoms with Crippen LogP contribution >= 0.6 is 11.6 Å². The summed E-state index contributed by atoms with van der Waals surface area (Å²) in [7, 11) is 1.90. The molecule has 1 aliphatic rings. The van der Waals surface area contributed by atoms with Crippen LogP contribution in [0.25, 0.3) is 0 Å². The van der Waals surface area contributed by atoms with Gasteiger partial charge in [-0.2, -0.15) is 5.10 Å². The fourth-order valence-corrected chi connectivity index (χ4v) is 3.41. The van der Waals surface area contributed by atoms with Crippen molar-refractivity contribution >= 4 is 11.6 Å². The first kappa shape index (κ1) is 17.2. The number of nitrogens with one attached hydrogen (secondary N) is 1. The van der Waals surface area contributed by atoms with Crippen molar-refractivity contribution in [1.82, 2.24) is 15.1 Å². The average molecular weight is 352 g/mol. The van der Waals surface area contributed by atoms with E-state index in [1.54, 1.807) is 6.07 Å². The van der Waals surface area contributed by atoms with Gasteiger partial charge in [-0.3, -0.25) is 0 Å². The van der Waals surface area contributed by atoms with Crippen molar-refractivity contribution in [3.63, 3.8) is 0 Å². The van der Waals surface area contributed by atoms with Crippen molar-refractivity contribution in [2.75, 3.05) is 7.05 Å². The molecule has 3 rings (SSSR count). The lowest BCUT2D eigenvalue weighted by molar-refractivity contribution is 0.261. The maximum atomic E-state index is 13.1. The number of hydrogen-bond donors (Lipinski definition) is 1. The van der Waals surface area contributed by atoms with Crippen LogP contribution in [0.15, 0.2) is 24.3 Å². The Hall–Kier alpha value is -1.59. The van der Waals surface area contributed by atoms with Crippen LogP contribution < -0.4 is 10.1 Å². The van der Waals surface area contributed by atoms with E-state index in [4.69, 9.17) is 16.3 Å². The predicted molar refractivity (Wildman–Crippen MR) is 92.7 cm³/mol. The van der Waals surface area contributed by atoms with Gasteiger partial charge >= 0.3 is 0 Å². The third-order valence-corrected chi connectivity index (χ3v) is 4.80. The summed E-state index contributed by atoms with van der Waals surface area (Å²) in [4.78, 5) is 0. The summed E-state index contributed by atoms with van der Waals surface area (Å²) in [6.45, 7) is 1.88. The Labute approximate surface area is 147 Å². The minimum atomic E-state index is -0.341. The molecular formula is C18H23ClFN3O. The van der Waals surface area contributed by atoms with E-state index in [0.29, 0.717) is 24.1 Å². The lowest BCUT2D eigenvalue weighted by Gasteiger charge is -2.13. The molecule has 4 nitrogen and oxygen atoms in total. The summed E-state index contributed by atoms with van der Waals surface area (Å²) < 4.78 is 21.0. The van der Waals surface area contributed by atoms with E-state index in [2.05, 4.69) is 10.4 Å².